The lowest BCUT2D eigenvalue weighted by Crippen LogP contribution is -2.55. The van der Waals surface area contributed by atoms with Crippen LogP contribution in [0.15, 0.2) is 24.5 Å². The zero-order valence-corrected chi connectivity index (χ0v) is 16.2. The number of hydrogen-bond acceptors (Lipinski definition) is 4. The van der Waals surface area contributed by atoms with Gasteiger partial charge in [0, 0.05) is 29.0 Å². The number of nitrogens with two attached hydrogens (primary N) is 1. The number of likely N-dealkylation sites (tertiary alicyclic amines) is 1. The molecule has 3 heterocycles. The number of carbonyl (C=O) groups excluding carboxylic acids is 2. The Morgan fingerprint density at radius 3 is 2.88 bits per heavy atom. The van der Waals surface area contributed by atoms with Crippen LogP contribution >= 0.6 is 24.8 Å². The lowest BCUT2D eigenvalue weighted by Gasteiger charge is -2.37. The molecule has 3 rings (SSSR count). The molecule has 2 aromatic heterocycles. The summed E-state index contributed by atoms with van der Waals surface area (Å²) in [7, 11) is 0. The second-order valence-corrected chi connectivity index (χ2v) is 6.30. The van der Waals surface area contributed by atoms with E-state index in [9.17, 15) is 9.59 Å². The van der Waals surface area contributed by atoms with Crippen molar-refractivity contribution in [2.75, 3.05) is 6.54 Å². The molecule has 2 atom stereocenters. The normalized spacial score (nSPS) is 18.4. The fourth-order valence-corrected chi connectivity index (χ4v) is 3.33. The van der Waals surface area contributed by atoms with Crippen LogP contribution in [0.3, 0.4) is 0 Å². The summed E-state index contributed by atoms with van der Waals surface area (Å²) in [6, 6.07) is 3.14. The minimum absolute atomic E-state index is 0. The van der Waals surface area contributed by atoms with E-state index in [-0.39, 0.29) is 48.7 Å². The summed E-state index contributed by atoms with van der Waals surface area (Å²) in [4.78, 5) is 33.3. The standard InChI is InChI=1S/C17H23N5O2.2ClH/c1-11(22-7-3-2-4-15(22)16(18)23)17(24)20-10-13-8-12-9-19-6-5-14(12)21-13;;/h5-6,8-9,11,15,21H,2-4,7,10H2,1H3,(H2,18,23)(H,20,24);2*1H/t11-,15?;;/m0../s1. The molecular weight excluding hydrogens is 377 g/mol. The summed E-state index contributed by atoms with van der Waals surface area (Å²) in [5, 5.41) is 3.95. The molecule has 4 N–H and O–H groups in total. The van der Waals surface area contributed by atoms with E-state index in [1.54, 1.807) is 12.4 Å². The van der Waals surface area contributed by atoms with Gasteiger partial charge in [0.1, 0.15) is 0 Å². The number of H-pyrrole nitrogens is 1. The van der Waals surface area contributed by atoms with Gasteiger partial charge in [-0.1, -0.05) is 6.42 Å². The van der Waals surface area contributed by atoms with Crippen LogP contribution in [0.4, 0.5) is 0 Å². The van der Waals surface area contributed by atoms with Gasteiger partial charge in [-0.15, -0.1) is 24.8 Å². The van der Waals surface area contributed by atoms with Crippen LogP contribution in [-0.4, -0.2) is 45.3 Å². The predicted octanol–water partition coefficient (Wildman–Crippen LogP) is 1.75. The Kier molecular flexibility index (Phi) is 8.33. The third-order valence-corrected chi connectivity index (χ3v) is 4.68. The Labute approximate surface area is 164 Å². The number of aromatic nitrogens is 2. The highest BCUT2D eigenvalue weighted by Gasteiger charge is 2.33. The molecule has 2 amide bonds. The van der Waals surface area contributed by atoms with E-state index in [2.05, 4.69) is 15.3 Å². The van der Waals surface area contributed by atoms with Gasteiger partial charge in [-0.2, -0.15) is 0 Å². The highest BCUT2D eigenvalue weighted by atomic mass is 35.5. The Hall–Kier alpha value is -1.83. The molecule has 9 heteroatoms. The van der Waals surface area contributed by atoms with Crippen molar-refractivity contribution in [3.05, 3.63) is 30.2 Å². The van der Waals surface area contributed by atoms with E-state index in [4.69, 9.17) is 5.73 Å². The average molecular weight is 402 g/mol. The quantitative estimate of drug-likeness (QED) is 0.709. The summed E-state index contributed by atoms with van der Waals surface area (Å²) in [5.74, 6) is -0.447. The summed E-state index contributed by atoms with van der Waals surface area (Å²) in [5.41, 5.74) is 7.39. The van der Waals surface area contributed by atoms with Crippen molar-refractivity contribution in [2.24, 2.45) is 5.73 Å². The van der Waals surface area contributed by atoms with E-state index in [1.165, 1.54) is 0 Å². The van der Waals surface area contributed by atoms with Crippen molar-refractivity contribution in [3.8, 4) is 0 Å². The molecule has 0 aliphatic carbocycles. The van der Waals surface area contributed by atoms with E-state index < -0.39 is 0 Å². The molecule has 26 heavy (non-hydrogen) atoms. The Morgan fingerprint density at radius 1 is 1.42 bits per heavy atom. The van der Waals surface area contributed by atoms with E-state index >= 15 is 0 Å². The zero-order chi connectivity index (χ0) is 17.1. The van der Waals surface area contributed by atoms with Crippen molar-refractivity contribution in [1.29, 1.82) is 0 Å². The fraction of sp³-hybridized carbons (Fsp3) is 0.471. The summed E-state index contributed by atoms with van der Waals surface area (Å²) in [6.45, 7) is 2.96. The Balaban J connectivity index is 0.00000169. The topological polar surface area (TPSA) is 104 Å². The molecular formula is C17H25Cl2N5O2. The number of primary amides is 1. The van der Waals surface area contributed by atoms with Crippen LogP contribution in [0.2, 0.25) is 0 Å². The Morgan fingerprint density at radius 2 is 2.19 bits per heavy atom. The number of halogens is 2. The maximum absolute atomic E-state index is 12.5. The molecule has 0 saturated carbocycles. The van der Waals surface area contributed by atoms with Gasteiger partial charge in [0.15, 0.2) is 0 Å². The van der Waals surface area contributed by atoms with Gasteiger partial charge in [-0.05, 0) is 38.4 Å². The highest BCUT2D eigenvalue weighted by Crippen LogP contribution is 2.19. The van der Waals surface area contributed by atoms with E-state index in [1.807, 2.05) is 24.0 Å². The van der Waals surface area contributed by atoms with Crippen molar-refractivity contribution in [1.82, 2.24) is 20.2 Å². The molecule has 1 fully saturated rings. The number of nitrogens with one attached hydrogen (secondary N) is 2. The van der Waals surface area contributed by atoms with Gasteiger partial charge < -0.3 is 16.0 Å². The van der Waals surface area contributed by atoms with Crippen molar-refractivity contribution >= 4 is 47.5 Å². The Bertz CT molecular complexity index is 719. The first kappa shape index (κ1) is 22.2. The third-order valence-electron chi connectivity index (χ3n) is 4.68. The highest BCUT2D eigenvalue weighted by molar-refractivity contribution is 5.86. The third kappa shape index (κ3) is 4.87. The number of carbonyl (C=O) groups is 2. The maximum atomic E-state index is 12.5. The largest absolute Gasteiger partial charge is 0.368 e. The summed E-state index contributed by atoms with van der Waals surface area (Å²) >= 11 is 0. The lowest BCUT2D eigenvalue weighted by atomic mass is 9.99. The van der Waals surface area contributed by atoms with Gasteiger partial charge in [0.2, 0.25) is 11.8 Å². The molecule has 0 bridgehead atoms. The van der Waals surface area contributed by atoms with Crippen LogP contribution < -0.4 is 11.1 Å². The number of pyridine rings is 1. The number of rotatable bonds is 5. The molecule has 2 aromatic rings. The van der Waals surface area contributed by atoms with Gasteiger partial charge in [-0.25, -0.2) is 0 Å². The summed E-state index contributed by atoms with van der Waals surface area (Å²) in [6.07, 6.45) is 6.19. The number of hydrogen-bond donors (Lipinski definition) is 3. The first-order valence-electron chi connectivity index (χ1n) is 8.30. The molecule has 1 unspecified atom stereocenters. The number of nitrogens with zero attached hydrogens (tertiary/aromatic N) is 2. The van der Waals surface area contributed by atoms with Crippen LogP contribution in [0.25, 0.3) is 10.9 Å². The van der Waals surface area contributed by atoms with Crippen LogP contribution in [0.1, 0.15) is 31.9 Å². The molecule has 0 radical (unpaired) electrons. The number of amides is 2. The minimum atomic E-state index is -0.381. The number of piperidine rings is 1. The number of aromatic amines is 1. The van der Waals surface area contributed by atoms with Crippen molar-refractivity contribution in [3.63, 3.8) is 0 Å². The van der Waals surface area contributed by atoms with E-state index in [0.717, 1.165) is 42.4 Å². The molecule has 0 spiro atoms. The molecule has 1 aliphatic rings. The number of fused-ring (bicyclic) bond motifs is 1. The molecule has 1 aliphatic heterocycles. The SMILES string of the molecule is C[C@@H](C(=O)NCc1cc2cnccc2[nH]1)N1CCCCC1C(N)=O.Cl.Cl. The lowest BCUT2D eigenvalue weighted by molar-refractivity contribution is -0.132. The van der Waals surface area contributed by atoms with Crippen LogP contribution in [0, 0.1) is 0 Å². The van der Waals surface area contributed by atoms with Gasteiger partial charge >= 0.3 is 0 Å². The van der Waals surface area contributed by atoms with Crippen LogP contribution in [-0.2, 0) is 16.1 Å². The minimum Gasteiger partial charge on any atom is -0.368 e. The van der Waals surface area contributed by atoms with Gasteiger partial charge in [0.05, 0.1) is 18.6 Å². The zero-order valence-electron chi connectivity index (χ0n) is 14.6. The van der Waals surface area contributed by atoms with E-state index in [0.29, 0.717) is 6.54 Å². The molecule has 7 nitrogen and oxygen atoms in total. The maximum Gasteiger partial charge on any atom is 0.237 e. The summed E-state index contributed by atoms with van der Waals surface area (Å²) < 4.78 is 0. The first-order chi connectivity index (χ1) is 11.6. The second-order valence-electron chi connectivity index (χ2n) is 6.30. The molecule has 144 valence electrons. The van der Waals surface area contributed by atoms with Crippen molar-refractivity contribution < 1.29 is 9.59 Å². The molecule has 0 aromatic carbocycles. The molecule has 1 saturated heterocycles. The van der Waals surface area contributed by atoms with Gasteiger partial charge in [0.25, 0.3) is 0 Å². The average Bonchev–Trinajstić information content (AvgIpc) is 3.02. The fourth-order valence-electron chi connectivity index (χ4n) is 3.33. The second kappa shape index (κ2) is 9.75. The van der Waals surface area contributed by atoms with Gasteiger partial charge in [-0.3, -0.25) is 19.5 Å². The monoisotopic (exact) mass is 401 g/mol. The first-order valence-corrected chi connectivity index (χ1v) is 8.30. The van der Waals surface area contributed by atoms with Crippen LogP contribution in [0.5, 0.6) is 0 Å². The van der Waals surface area contributed by atoms with Crippen molar-refractivity contribution in [2.45, 2.75) is 44.8 Å². The smallest absolute Gasteiger partial charge is 0.237 e. The predicted molar refractivity (Wildman–Crippen MR) is 105 cm³/mol.